The number of fused-ring (bicyclic) bond motifs is 2. The van der Waals surface area contributed by atoms with Crippen molar-refractivity contribution in [2.45, 2.75) is 96.8 Å². The van der Waals surface area contributed by atoms with E-state index in [9.17, 15) is 0 Å². The predicted molar refractivity (Wildman–Crippen MR) is 121 cm³/mol. The second-order valence-corrected chi connectivity index (χ2v) is 8.95. The Hall–Kier alpha value is -1.76. The van der Waals surface area contributed by atoms with E-state index >= 15 is 0 Å². The van der Waals surface area contributed by atoms with E-state index in [2.05, 4.69) is 63.2 Å². The van der Waals surface area contributed by atoms with Crippen molar-refractivity contribution >= 4 is 0 Å². The number of unbranched alkanes of at least 4 members (excludes halogenated alkanes) is 9. The normalized spacial score (nSPS) is 14.2. The molecule has 0 radical (unpaired) electrons. The summed E-state index contributed by atoms with van der Waals surface area (Å²) in [6.45, 7) is 6.92. The van der Waals surface area contributed by atoms with Crippen LogP contribution in [0.3, 0.4) is 0 Å². The fraction of sp³-hybridized carbons (Fsp3) is 0.556. The standard InChI is InChI=1S/C27H38O/c1-4-5-6-7-8-9-10-11-12-13-17-22-18-16-20-24-26(22)28-25-21-15-14-19-23(25)27(24,2)3/h14-16,18-21H,4-13,17H2,1-3H3. The molecule has 28 heavy (non-hydrogen) atoms. The highest BCUT2D eigenvalue weighted by molar-refractivity contribution is 5.59. The number of hydrogen-bond acceptors (Lipinski definition) is 1. The molecule has 0 atom stereocenters. The maximum Gasteiger partial charge on any atom is 0.134 e. The van der Waals surface area contributed by atoms with Crippen molar-refractivity contribution in [2.24, 2.45) is 0 Å². The van der Waals surface area contributed by atoms with Crippen LogP contribution in [-0.4, -0.2) is 0 Å². The van der Waals surface area contributed by atoms with Crippen LogP contribution in [0.2, 0.25) is 0 Å². The van der Waals surface area contributed by atoms with E-state index in [-0.39, 0.29) is 5.41 Å². The molecule has 1 aliphatic heterocycles. The van der Waals surface area contributed by atoms with E-state index in [1.807, 2.05) is 0 Å². The van der Waals surface area contributed by atoms with Gasteiger partial charge < -0.3 is 4.74 Å². The van der Waals surface area contributed by atoms with Crippen molar-refractivity contribution in [3.05, 3.63) is 59.2 Å². The molecule has 1 nitrogen and oxygen atoms in total. The Morgan fingerprint density at radius 2 is 1.29 bits per heavy atom. The van der Waals surface area contributed by atoms with E-state index in [0.29, 0.717) is 0 Å². The smallest absolute Gasteiger partial charge is 0.134 e. The third-order valence-corrected chi connectivity index (χ3v) is 6.34. The predicted octanol–water partition coefficient (Wildman–Crippen LogP) is 8.58. The zero-order chi connectivity index (χ0) is 19.8. The first-order chi connectivity index (χ1) is 13.6. The van der Waals surface area contributed by atoms with Gasteiger partial charge in [-0.05, 0) is 24.5 Å². The van der Waals surface area contributed by atoms with Gasteiger partial charge in [-0.3, -0.25) is 0 Å². The van der Waals surface area contributed by atoms with E-state index < -0.39 is 0 Å². The van der Waals surface area contributed by atoms with E-state index in [1.165, 1.54) is 80.9 Å². The molecule has 2 aromatic carbocycles. The fourth-order valence-corrected chi connectivity index (χ4v) is 4.52. The Labute approximate surface area is 172 Å². The summed E-state index contributed by atoms with van der Waals surface area (Å²) in [7, 11) is 0. The minimum Gasteiger partial charge on any atom is -0.456 e. The Morgan fingerprint density at radius 3 is 2.00 bits per heavy atom. The molecule has 152 valence electrons. The number of ether oxygens (including phenoxy) is 1. The van der Waals surface area contributed by atoms with Gasteiger partial charge >= 0.3 is 0 Å². The zero-order valence-corrected chi connectivity index (χ0v) is 18.2. The highest BCUT2D eigenvalue weighted by atomic mass is 16.5. The summed E-state index contributed by atoms with van der Waals surface area (Å²) in [6.07, 6.45) is 14.9. The molecular weight excluding hydrogens is 340 g/mol. The van der Waals surface area contributed by atoms with Gasteiger partial charge in [0.25, 0.3) is 0 Å². The van der Waals surface area contributed by atoms with Crippen molar-refractivity contribution in [1.82, 2.24) is 0 Å². The van der Waals surface area contributed by atoms with Gasteiger partial charge in [-0.25, -0.2) is 0 Å². The molecule has 1 heterocycles. The lowest BCUT2D eigenvalue weighted by atomic mass is 9.75. The van der Waals surface area contributed by atoms with Crippen molar-refractivity contribution in [3.63, 3.8) is 0 Å². The highest BCUT2D eigenvalue weighted by Crippen LogP contribution is 2.49. The molecule has 0 aromatic heterocycles. The Bertz CT molecular complexity index is 744. The SMILES string of the molecule is CCCCCCCCCCCCc1cccc2c1Oc1ccccc1C2(C)C. The minimum absolute atomic E-state index is 0.00202. The topological polar surface area (TPSA) is 9.23 Å². The van der Waals surface area contributed by atoms with Crippen molar-refractivity contribution in [1.29, 1.82) is 0 Å². The molecule has 1 aliphatic rings. The third kappa shape index (κ3) is 4.99. The van der Waals surface area contributed by atoms with Crippen LogP contribution in [0.1, 0.15) is 102 Å². The second kappa shape index (κ2) is 10.1. The van der Waals surface area contributed by atoms with Crippen LogP contribution in [0, 0.1) is 0 Å². The molecule has 0 spiro atoms. The Balaban J connectivity index is 1.50. The monoisotopic (exact) mass is 378 g/mol. The molecule has 0 saturated heterocycles. The van der Waals surface area contributed by atoms with Gasteiger partial charge in [0.2, 0.25) is 0 Å². The van der Waals surface area contributed by atoms with Crippen molar-refractivity contribution < 1.29 is 4.74 Å². The number of hydrogen-bond donors (Lipinski definition) is 0. The van der Waals surface area contributed by atoms with Crippen LogP contribution in [0.4, 0.5) is 0 Å². The molecule has 2 aromatic rings. The molecule has 0 N–H and O–H groups in total. The molecule has 0 bridgehead atoms. The molecule has 0 fully saturated rings. The van der Waals surface area contributed by atoms with Gasteiger partial charge in [0, 0.05) is 16.5 Å². The van der Waals surface area contributed by atoms with Gasteiger partial charge in [0.1, 0.15) is 11.5 Å². The van der Waals surface area contributed by atoms with Crippen LogP contribution in [0.15, 0.2) is 42.5 Å². The Kier molecular flexibility index (Phi) is 7.59. The van der Waals surface area contributed by atoms with Gasteiger partial charge in [-0.1, -0.05) is 115 Å². The Morgan fingerprint density at radius 1 is 0.679 bits per heavy atom. The third-order valence-electron chi connectivity index (χ3n) is 6.34. The first-order valence-corrected chi connectivity index (χ1v) is 11.5. The van der Waals surface area contributed by atoms with Gasteiger partial charge in [0.15, 0.2) is 0 Å². The molecular formula is C27H38O. The second-order valence-electron chi connectivity index (χ2n) is 8.95. The number of rotatable bonds is 11. The average molecular weight is 379 g/mol. The largest absolute Gasteiger partial charge is 0.456 e. The fourth-order valence-electron chi connectivity index (χ4n) is 4.52. The molecule has 0 saturated carbocycles. The number of benzene rings is 2. The molecule has 0 aliphatic carbocycles. The maximum atomic E-state index is 6.39. The van der Waals surface area contributed by atoms with E-state index in [4.69, 9.17) is 4.74 Å². The van der Waals surface area contributed by atoms with Gasteiger partial charge in [-0.2, -0.15) is 0 Å². The molecule has 0 unspecified atom stereocenters. The van der Waals surface area contributed by atoms with Crippen LogP contribution >= 0.6 is 0 Å². The van der Waals surface area contributed by atoms with Crippen molar-refractivity contribution in [2.75, 3.05) is 0 Å². The summed E-state index contributed by atoms with van der Waals surface area (Å²) >= 11 is 0. The van der Waals surface area contributed by atoms with Crippen LogP contribution in [0.25, 0.3) is 0 Å². The average Bonchev–Trinajstić information content (AvgIpc) is 2.70. The molecule has 0 amide bonds. The summed E-state index contributed by atoms with van der Waals surface area (Å²) < 4.78 is 6.39. The summed E-state index contributed by atoms with van der Waals surface area (Å²) in [5.74, 6) is 2.14. The van der Waals surface area contributed by atoms with Crippen LogP contribution < -0.4 is 4.74 Å². The number of aryl methyl sites for hydroxylation is 1. The van der Waals surface area contributed by atoms with Gasteiger partial charge in [-0.15, -0.1) is 0 Å². The first-order valence-electron chi connectivity index (χ1n) is 11.5. The van der Waals surface area contributed by atoms with Crippen molar-refractivity contribution in [3.8, 4) is 11.5 Å². The lowest BCUT2D eigenvalue weighted by Gasteiger charge is -2.35. The first kappa shape index (κ1) is 21.0. The summed E-state index contributed by atoms with van der Waals surface area (Å²) in [6, 6.07) is 15.2. The summed E-state index contributed by atoms with van der Waals surface area (Å²) in [4.78, 5) is 0. The van der Waals surface area contributed by atoms with Gasteiger partial charge in [0.05, 0.1) is 0 Å². The molecule has 1 heteroatoms. The zero-order valence-electron chi connectivity index (χ0n) is 18.2. The quantitative estimate of drug-likeness (QED) is 0.356. The lowest BCUT2D eigenvalue weighted by Crippen LogP contribution is -2.24. The van der Waals surface area contributed by atoms with E-state index in [1.54, 1.807) is 0 Å². The molecule has 3 rings (SSSR count). The summed E-state index contributed by atoms with van der Waals surface area (Å²) in [5, 5.41) is 0. The minimum atomic E-state index is -0.00202. The maximum absolute atomic E-state index is 6.39. The summed E-state index contributed by atoms with van der Waals surface area (Å²) in [5.41, 5.74) is 3.99. The lowest BCUT2D eigenvalue weighted by molar-refractivity contribution is 0.412. The van der Waals surface area contributed by atoms with E-state index in [0.717, 1.165) is 17.9 Å². The van der Waals surface area contributed by atoms with Crippen LogP contribution in [0.5, 0.6) is 11.5 Å². The highest BCUT2D eigenvalue weighted by Gasteiger charge is 2.34. The van der Waals surface area contributed by atoms with Crippen LogP contribution in [-0.2, 0) is 11.8 Å². The number of para-hydroxylation sites is 2.